The third-order valence-corrected chi connectivity index (χ3v) is 6.34. The van der Waals surface area contributed by atoms with Gasteiger partial charge < -0.3 is 5.32 Å². The van der Waals surface area contributed by atoms with E-state index in [0.29, 0.717) is 24.9 Å². The van der Waals surface area contributed by atoms with Gasteiger partial charge in [0.15, 0.2) is 9.84 Å². The summed E-state index contributed by atoms with van der Waals surface area (Å²) in [6, 6.07) is 1.74. The average Bonchev–Trinajstić information content (AvgIpc) is 2.42. The number of halogens is 2. The van der Waals surface area contributed by atoms with Crippen LogP contribution in [0, 0.1) is 18.6 Å². The Morgan fingerprint density at radius 1 is 1.33 bits per heavy atom. The van der Waals surface area contributed by atoms with Crippen LogP contribution in [0.4, 0.5) is 8.78 Å². The molecule has 118 valence electrons. The molecule has 2 rings (SSSR count). The molecule has 0 spiro atoms. The summed E-state index contributed by atoms with van der Waals surface area (Å²) in [5.41, 5.74) is 0.176. The molecule has 1 heterocycles. The van der Waals surface area contributed by atoms with Crippen molar-refractivity contribution >= 4 is 9.84 Å². The van der Waals surface area contributed by atoms with E-state index in [2.05, 4.69) is 5.32 Å². The van der Waals surface area contributed by atoms with E-state index in [0.717, 1.165) is 6.42 Å². The summed E-state index contributed by atoms with van der Waals surface area (Å²) in [5, 5.41) is 2.21. The number of hydrogen-bond donors (Lipinski definition) is 1. The predicted molar refractivity (Wildman–Crippen MR) is 78.9 cm³/mol. The zero-order valence-electron chi connectivity index (χ0n) is 12.3. The van der Waals surface area contributed by atoms with Gasteiger partial charge in [-0.25, -0.2) is 17.2 Å². The van der Waals surface area contributed by atoms with E-state index in [1.54, 1.807) is 13.8 Å². The van der Waals surface area contributed by atoms with Crippen molar-refractivity contribution in [1.82, 2.24) is 5.32 Å². The summed E-state index contributed by atoms with van der Waals surface area (Å²) < 4.78 is 53.1. The Morgan fingerprint density at radius 2 is 2.05 bits per heavy atom. The first-order valence-corrected chi connectivity index (χ1v) is 8.99. The molecule has 0 radical (unpaired) electrons. The normalized spacial score (nSPS) is 23.0. The van der Waals surface area contributed by atoms with E-state index in [1.807, 2.05) is 0 Å². The van der Waals surface area contributed by atoms with Crippen molar-refractivity contribution in [2.75, 3.05) is 12.3 Å². The van der Waals surface area contributed by atoms with Crippen LogP contribution >= 0.6 is 0 Å². The predicted octanol–water partition coefficient (Wildman–Crippen LogP) is 2.89. The first-order valence-electron chi connectivity index (χ1n) is 7.28. The zero-order chi connectivity index (χ0) is 15.6. The number of rotatable bonds is 4. The molecule has 1 aromatic carbocycles. The second-order valence-electron chi connectivity index (χ2n) is 5.53. The first kappa shape index (κ1) is 16.4. The van der Waals surface area contributed by atoms with Gasteiger partial charge in [-0.3, -0.25) is 0 Å². The number of aryl methyl sites for hydroxylation is 1. The summed E-state index contributed by atoms with van der Waals surface area (Å²) in [6.07, 6.45) is 1.82. The molecule has 0 aromatic heterocycles. The molecule has 1 saturated heterocycles. The minimum absolute atomic E-state index is 0.0919. The van der Waals surface area contributed by atoms with E-state index in [1.165, 1.54) is 12.1 Å². The van der Waals surface area contributed by atoms with Gasteiger partial charge in [0.2, 0.25) is 0 Å². The lowest BCUT2D eigenvalue weighted by atomic mass is 9.96. The molecular formula is C15H21F2NO2S. The second kappa shape index (κ2) is 6.40. The lowest BCUT2D eigenvalue weighted by molar-refractivity contribution is 0.421. The van der Waals surface area contributed by atoms with Crippen LogP contribution in [0.3, 0.4) is 0 Å². The molecule has 1 aliphatic rings. The highest BCUT2D eigenvalue weighted by Crippen LogP contribution is 2.34. The Kier molecular flexibility index (Phi) is 4.99. The summed E-state index contributed by atoms with van der Waals surface area (Å²) in [5.74, 6) is -1.25. The fourth-order valence-corrected chi connectivity index (χ4v) is 5.04. The van der Waals surface area contributed by atoms with E-state index in [-0.39, 0.29) is 11.3 Å². The van der Waals surface area contributed by atoms with E-state index < -0.39 is 32.8 Å². The molecule has 1 N–H and O–H groups in total. The Bertz CT molecular complexity index is 616. The average molecular weight is 317 g/mol. The lowest BCUT2D eigenvalue weighted by Crippen LogP contribution is -2.41. The Balaban J connectivity index is 2.51. The Morgan fingerprint density at radius 3 is 2.67 bits per heavy atom. The highest BCUT2D eigenvalue weighted by molar-refractivity contribution is 7.92. The highest BCUT2D eigenvalue weighted by Gasteiger charge is 2.38. The fraction of sp³-hybridized carbons (Fsp3) is 0.600. The van der Waals surface area contributed by atoms with Crippen molar-refractivity contribution in [3.63, 3.8) is 0 Å². The maximum atomic E-state index is 14.4. The van der Waals surface area contributed by atoms with Gasteiger partial charge in [-0.1, -0.05) is 19.4 Å². The SMILES string of the molecule is CCNC(c1c(F)ccc(C)c1F)C1CCCCS1(=O)=O. The molecular weight excluding hydrogens is 296 g/mol. The van der Waals surface area contributed by atoms with E-state index >= 15 is 0 Å². The van der Waals surface area contributed by atoms with Gasteiger partial charge in [0.05, 0.1) is 17.0 Å². The third-order valence-electron chi connectivity index (χ3n) is 4.06. The Hall–Kier alpha value is -1.01. The number of sulfone groups is 1. The van der Waals surface area contributed by atoms with Gasteiger partial charge >= 0.3 is 0 Å². The molecule has 0 bridgehead atoms. The van der Waals surface area contributed by atoms with Gasteiger partial charge in [0.1, 0.15) is 11.6 Å². The molecule has 0 amide bonds. The topological polar surface area (TPSA) is 46.2 Å². The van der Waals surface area contributed by atoms with Crippen LogP contribution < -0.4 is 5.32 Å². The van der Waals surface area contributed by atoms with Crippen molar-refractivity contribution in [2.45, 2.75) is 44.4 Å². The van der Waals surface area contributed by atoms with Crippen molar-refractivity contribution in [3.8, 4) is 0 Å². The van der Waals surface area contributed by atoms with Crippen LogP contribution in [0.1, 0.15) is 43.4 Å². The molecule has 1 aromatic rings. The van der Waals surface area contributed by atoms with Crippen LogP contribution in [0.2, 0.25) is 0 Å². The standard InChI is InChI=1S/C15H21F2NO2S/c1-3-18-15(12-6-4-5-9-21(12,19)20)13-11(16)8-7-10(2)14(13)17/h7-8,12,15,18H,3-6,9H2,1-2H3. The summed E-state index contributed by atoms with van der Waals surface area (Å²) in [4.78, 5) is 0. The third kappa shape index (κ3) is 3.26. The van der Waals surface area contributed by atoms with Crippen LogP contribution in [0.25, 0.3) is 0 Å². The maximum absolute atomic E-state index is 14.4. The molecule has 3 nitrogen and oxygen atoms in total. The van der Waals surface area contributed by atoms with Gasteiger partial charge in [-0.15, -0.1) is 0 Å². The van der Waals surface area contributed by atoms with Gasteiger partial charge in [0.25, 0.3) is 0 Å². The lowest BCUT2D eigenvalue weighted by Gasteiger charge is -2.31. The molecule has 6 heteroatoms. The van der Waals surface area contributed by atoms with E-state index in [9.17, 15) is 17.2 Å². The zero-order valence-corrected chi connectivity index (χ0v) is 13.1. The summed E-state index contributed by atoms with van der Waals surface area (Å²) in [7, 11) is -3.34. The quantitative estimate of drug-likeness (QED) is 0.929. The monoisotopic (exact) mass is 317 g/mol. The minimum atomic E-state index is -3.34. The number of hydrogen-bond acceptors (Lipinski definition) is 3. The second-order valence-corrected chi connectivity index (χ2v) is 7.87. The first-order chi connectivity index (χ1) is 9.88. The molecule has 1 aliphatic heterocycles. The molecule has 0 saturated carbocycles. The molecule has 1 fully saturated rings. The van der Waals surface area contributed by atoms with Gasteiger partial charge in [0, 0.05) is 5.56 Å². The van der Waals surface area contributed by atoms with Crippen LogP contribution in [-0.4, -0.2) is 26.0 Å². The Labute approximate surface area is 124 Å². The summed E-state index contributed by atoms with van der Waals surface area (Å²) >= 11 is 0. The van der Waals surface area contributed by atoms with Crippen molar-refractivity contribution in [3.05, 3.63) is 34.9 Å². The van der Waals surface area contributed by atoms with Crippen molar-refractivity contribution in [2.24, 2.45) is 0 Å². The minimum Gasteiger partial charge on any atom is -0.309 e. The maximum Gasteiger partial charge on any atom is 0.155 e. The smallest absolute Gasteiger partial charge is 0.155 e. The van der Waals surface area contributed by atoms with Crippen LogP contribution in [0.5, 0.6) is 0 Å². The van der Waals surface area contributed by atoms with Gasteiger partial charge in [-0.2, -0.15) is 0 Å². The van der Waals surface area contributed by atoms with Crippen molar-refractivity contribution in [1.29, 1.82) is 0 Å². The van der Waals surface area contributed by atoms with Crippen molar-refractivity contribution < 1.29 is 17.2 Å². The van der Waals surface area contributed by atoms with Crippen LogP contribution in [0.15, 0.2) is 12.1 Å². The molecule has 2 unspecified atom stereocenters. The summed E-state index contributed by atoms with van der Waals surface area (Å²) in [6.45, 7) is 3.80. The molecule has 21 heavy (non-hydrogen) atoms. The molecule has 2 atom stereocenters. The number of nitrogens with one attached hydrogen (secondary N) is 1. The van der Waals surface area contributed by atoms with E-state index in [4.69, 9.17) is 0 Å². The number of benzene rings is 1. The molecule has 0 aliphatic carbocycles. The highest BCUT2D eigenvalue weighted by atomic mass is 32.2. The van der Waals surface area contributed by atoms with Gasteiger partial charge in [-0.05, 0) is 37.9 Å². The fourth-order valence-electron chi connectivity index (χ4n) is 2.96. The van der Waals surface area contributed by atoms with Crippen LogP contribution in [-0.2, 0) is 9.84 Å². The largest absolute Gasteiger partial charge is 0.309 e.